The van der Waals surface area contributed by atoms with Crippen molar-refractivity contribution in [2.24, 2.45) is 0 Å². The third-order valence-electron chi connectivity index (χ3n) is 9.40. The number of aryl methyl sites for hydroxylation is 6. The molecule has 0 fully saturated rings. The summed E-state index contributed by atoms with van der Waals surface area (Å²) in [5, 5.41) is 10.3. The van der Waals surface area contributed by atoms with Crippen molar-refractivity contribution < 1.29 is 42.6 Å². The number of fused-ring (bicyclic) bond motifs is 3. The number of halogens is 1. The van der Waals surface area contributed by atoms with Crippen molar-refractivity contribution in [2.45, 2.75) is 38.3 Å². The van der Waals surface area contributed by atoms with Crippen LogP contribution in [0, 0.1) is 35.3 Å². The van der Waals surface area contributed by atoms with Crippen LogP contribution >= 0.6 is 0 Å². The minimum absolute atomic E-state index is 0. The molecule has 0 unspecified atom stereocenters. The number of hydrogen-bond acceptors (Lipinski definition) is 5. The Morgan fingerprint density at radius 3 is 1.83 bits per heavy atom. The fourth-order valence-corrected chi connectivity index (χ4v) is 6.46. The minimum Gasteiger partial charge on any atom is -0.501 e. The largest absolute Gasteiger partial charge is 3.00 e. The summed E-state index contributed by atoms with van der Waals surface area (Å²) < 4.78 is 114. The van der Waals surface area contributed by atoms with Crippen LogP contribution in [0.4, 0.5) is 4.39 Å². The standard InChI is InChI=1S/C52H36FN4O.Ir/c53-47-30-50(46-13-7-12-45-44-23-19-40(31-54)29-51(44)58-52(45)46)57-34-43(47)22-18-39-27-37(16-14-35-20-24-48(55-32-35)41-8-3-1-4-9-41)26-38(28-39)17-15-36-21-25-49(56-33-36)42-10-5-2-6-11-42;/h1-8,10,12,19-21,23-30,32-34H,14-18,22H2;/q-3;+3/i16D2,17D2,18D2,19D,22D2,29D;. The molecule has 0 aliphatic heterocycles. The molecule has 0 N–H and O–H groups in total. The van der Waals surface area contributed by atoms with Crippen molar-refractivity contribution >= 4 is 21.9 Å². The second kappa shape index (κ2) is 17.9. The van der Waals surface area contributed by atoms with Gasteiger partial charge in [-0.3, -0.25) is 0 Å². The third kappa shape index (κ3) is 8.96. The van der Waals surface area contributed by atoms with E-state index in [0.717, 1.165) is 35.5 Å². The van der Waals surface area contributed by atoms with Crippen LogP contribution in [0.2, 0.25) is 0 Å². The van der Waals surface area contributed by atoms with Gasteiger partial charge in [0, 0.05) is 40.5 Å². The summed E-state index contributed by atoms with van der Waals surface area (Å²) in [5.74, 6) is -1.18. The predicted molar refractivity (Wildman–Crippen MR) is 226 cm³/mol. The molecule has 9 rings (SSSR count). The molecule has 4 heterocycles. The Bertz CT molecular complexity index is 3290. The van der Waals surface area contributed by atoms with Gasteiger partial charge in [0.05, 0.1) is 20.0 Å². The molecule has 9 aromatic rings. The van der Waals surface area contributed by atoms with Crippen LogP contribution in [0.3, 0.4) is 0 Å². The monoisotopic (exact) mass is 954 g/mol. The Morgan fingerprint density at radius 2 is 1.27 bits per heavy atom. The summed E-state index contributed by atoms with van der Waals surface area (Å²) in [6.07, 6.45) is -7.47. The molecule has 0 saturated carbocycles. The van der Waals surface area contributed by atoms with Gasteiger partial charge < -0.3 is 19.4 Å². The number of furan rings is 1. The van der Waals surface area contributed by atoms with Gasteiger partial charge in [-0.05, 0) is 101 Å². The molecular weight excluding hydrogens is 908 g/mol. The number of pyridine rings is 3. The van der Waals surface area contributed by atoms with E-state index < -0.39 is 42.4 Å². The van der Waals surface area contributed by atoms with E-state index in [2.05, 4.69) is 33.2 Å². The first-order valence-corrected chi connectivity index (χ1v) is 18.3. The van der Waals surface area contributed by atoms with Crippen LogP contribution in [0.1, 0.15) is 52.7 Å². The second-order valence-corrected chi connectivity index (χ2v) is 13.3. The molecule has 59 heavy (non-hydrogen) atoms. The van der Waals surface area contributed by atoms with Gasteiger partial charge in [-0.25, -0.2) is 4.39 Å². The maximum Gasteiger partial charge on any atom is 3.00 e. The number of nitriles is 1. The molecule has 0 amide bonds. The fraction of sp³-hybridized carbons (Fsp3) is 0.115. The van der Waals surface area contributed by atoms with E-state index in [4.69, 9.17) is 7.16 Å². The Hall–Kier alpha value is -6.58. The molecule has 5 aromatic carbocycles. The Morgan fingerprint density at radius 1 is 0.644 bits per heavy atom. The van der Waals surface area contributed by atoms with Crippen molar-refractivity contribution in [3.05, 3.63) is 209 Å². The molecule has 0 bridgehead atoms. The van der Waals surface area contributed by atoms with E-state index in [1.54, 1.807) is 42.5 Å². The van der Waals surface area contributed by atoms with Crippen molar-refractivity contribution in [1.29, 1.82) is 5.26 Å². The first kappa shape index (κ1) is 28.8. The normalized spacial score (nSPS) is 14.5. The topological polar surface area (TPSA) is 75.6 Å². The van der Waals surface area contributed by atoms with Gasteiger partial charge in [-0.2, -0.15) is 5.26 Å². The second-order valence-electron chi connectivity index (χ2n) is 13.3. The molecule has 0 aliphatic carbocycles. The summed E-state index contributed by atoms with van der Waals surface area (Å²) in [4.78, 5) is 13.3. The van der Waals surface area contributed by atoms with Crippen molar-refractivity contribution in [3.63, 3.8) is 0 Å². The zero-order valence-corrected chi connectivity index (χ0v) is 33.4. The zero-order chi connectivity index (χ0) is 48.2. The molecule has 0 radical (unpaired) electrons. The quantitative estimate of drug-likeness (QED) is 0.114. The number of aromatic nitrogens is 3. The van der Waals surface area contributed by atoms with E-state index in [-0.39, 0.29) is 84.1 Å². The van der Waals surface area contributed by atoms with Crippen LogP contribution in [0.15, 0.2) is 150 Å². The van der Waals surface area contributed by atoms with Crippen LogP contribution in [0.5, 0.6) is 0 Å². The Labute approximate surface area is 370 Å². The number of benzene rings is 5. The minimum atomic E-state index is -3.19. The van der Waals surface area contributed by atoms with Gasteiger partial charge in [0.1, 0.15) is 11.4 Å². The van der Waals surface area contributed by atoms with Gasteiger partial charge in [-0.1, -0.05) is 59.5 Å². The van der Waals surface area contributed by atoms with Crippen LogP contribution < -0.4 is 0 Å². The third-order valence-corrected chi connectivity index (χ3v) is 9.40. The van der Waals surface area contributed by atoms with Crippen molar-refractivity contribution in [2.75, 3.05) is 0 Å². The first-order chi connectivity index (χ1) is 32.4. The molecule has 0 atom stereocenters. The maximum atomic E-state index is 16.5. The summed E-state index contributed by atoms with van der Waals surface area (Å²) in [6.45, 7) is 0. The SMILES string of the molecule is [2H]c1cc2c(oc3c(-c4cc(F)c(C([2H])([2H])C([2H])([2H])c5cc(C([2H])([2H])Cc6ccc(-c7[c-]cccc7)nc6)cc(C([2H])([2H])Cc6ccc(-c7[c-]cccc7)nc6)c5)cn4)[c-]ccc32)c([2H])c1C#N.[Ir+3]. The smallest absolute Gasteiger partial charge is 0.501 e. The van der Waals surface area contributed by atoms with Gasteiger partial charge in [0.25, 0.3) is 0 Å². The molecule has 0 saturated heterocycles. The zero-order valence-electron chi connectivity index (χ0n) is 41.0. The molecule has 4 aromatic heterocycles. The molecule has 5 nitrogen and oxygen atoms in total. The van der Waals surface area contributed by atoms with Gasteiger partial charge in [0.15, 0.2) is 0 Å². The fourth-order valence-electron chi connectivity index (χ4n) is 6.46. The average molecular weight is 954 g/mol. The molecule has 0 aliphatic rings. The summed E-state index contributed by atoms with van der Waals surface area (Å²) in [6, 6.07) is 41.0. The molecule has 0 spiro atoms. The Kier molecular flexibility index (Phi) is 8.73. The van der Waals surface area contributed by atoms with Gasteiger partial charge in [-0.15, -0.1) is 90.0 Å². The van der Waals surface area contributed by atoms with Gasteiger partial charge in [0.2, 0.25) is 0 Å². The molecule has 7 heteroatoms. The summed E-state index contributed by atoms with van der Waals surface area (Å²) in [7, 11) is 0. The van der Waals surface area contributed by atoms with Crippen molar-refractivity contribution in [1.82, 2.24) is 15.0 Å². The van der Waals surface area contributed by atoms with E-state index >= 15 is 4.39 Å². The van der Waals surface area contributed by atoms with E-state index in [9.17, 15) is 16.2 Å². The van der Waals surface area contributed by atoms with Crippen LogP contribution in [-0.4, -0.2) is 15.0 Å². The number of hydrogen-bond donors (Lipinski definition) is 0. The summed E-state index contributed by atoms with van der Waals surface area (Å²) in [5.41, 5.74) is 2.24. The van der Waals surface area contributed by atoms with Gasteiger partial charge >= 0.3 is 20.1 Å². The van der Waals surface area contributed by atoms with E-state index in [1.807, 2.05) is 42.5 Å². The average Bonchev–Trinajstić information content (AvgIpc) is 3.71. The van der Waals surface area contributed by atoms with Crippen LogP contribution in [0.25, 0.3) is 55.7 Å². The Balaban J connectivity index is 0.00000642. The predicted octanol–water partition coefficient (Wildman–Crippen LogP) is 11.5. The number of rotatable bonds is 12. The van der Waals surface area contributed by atoms with E-state index in [1.165, 1.54) is 30.6 Å². The number of nitrogens with zero attached hydrogens (tertiary/aromatic N) is 4. The van der Waals surface area contributed by atoms with E-state index in [0.29, 0.717) is 33.3 Å². The molecular formula is C52H36FIrN4O. The van der Waals surface area contributed by atoms with Crippen LogP contribution in [-0.2, 0) is 58.4 Å². The first-order valence-electron chi connectivity index (χ1n) is 23.3. The summed E-state index contributed by atoms with van der Waals surface area (Å²) >= 11 is 0. The van der Waals surface area contributed by atoms with Crippen molar-refractivity contribution in [3.8, 4) is 39.8 Å². The molecule has 286 valence electrons. The maximum absolute atomic E-state index is 16.5.